The Kier molecular flexibility index (Phi) is 2.54. The Morgan fingerprint density at radius 3 is 3.14 bits per heavy atom. The second-order valence-electron chi connectivity index (χ2n) is 3.66. The van der Waals surface area contributed by atoms with Crippen molar-refractivity contribution in [1.82, 2.24) is 10.3 Å². The number of aromatic nitrogens is 1. The molecular weight excluding hydrogens is 176 g/mol. The van der Waals surface area contributed by atoms with Crippen LogP contribution in [0.5, 0.6) is 0 Å². The van der Waals surface area contributed by atoms with E-state index >= 15 is 0 Å². The minimum Gasteiger partial charge on any atom is -0.384 e. The molecule has 1 aromatic rings. The lowest BCUT2D eigenvalue weighted by Crippen LogP contribution is -2.29. The fourth-order valence-corrected chi connectivity index (χ4v) is 1.86. The van der Waals surface area contributed by atoms with Gasteiger partial charge in [0, 0.05) is 37.1 Å². The summed E-state index contributed by atoms with van der Waals surface area (Å²) in [6.45, 7) is 2.15. The summed E-state index contributed by atoms with van der Waals surface area (Å²) in [4.78, 5) is 6.32. The molecule has 1 aliphatic rings. The lowest BCUT2D eigenvalue weighted by molar-refractivity contribution is 0.617. The second-order valence-corrected chi connectivity index (χ2v) is 3.66. The average molecular weight is 192 g/mol. The minimum absolute atomic E-state index is 0.593. The van der Waals surface area contributed by atoms with Crippen LogP contribution < -0.4 is 16.0 Å². The Morgan fingerprint density at radius 2 is 2.50 bits per heavy atom. The van der Waals surface area contributed by atoms with Crippen molar-refractivity contribution in [1.29, 1.82) is 0 Å². The molecule has 3 N–H and O–H groups in total. The smallest absolute Gasteiger partial charge is 0.125 e. The van der Waals surface area contributed by atoms with E-state index in [0.29, 0.717) is 11.9 Å². The third kappa shape index (κ3) is 1.80. The van der Waals surface area contributed by atoms with Gasteiger partial charge in [0.25, 0.3) is 0 Å². The second kappa shape index (κ2) is 3.84. The largest absolute Gasteiger partial charge is 0.384 e. The number of likely N-dealkylation sites (N-methyl/N-ethyl adjacent to an activating group) is 1. The van der Waals surface area contributed by atoms with Crippen molar-refractivity contribution in [2.24, 2.45) is 0 Å². The van der Waals surface area contributed by atoms with Gasteiger partial charge in [0.05, 0.1) is 0 Å². The topological polar surface area (TPSA) is 54.2 Å². The number of nitrogens with one attached hydrogen (secondary N) is 1. The van der Waals surface area contributed by atoms with Crippen LogP contribution in [-0.2, 0) is 0 Å². The first kappa shape index (κ1) is 9.27. The maximum atomic E-state index is 5.64. The Balaban J connectivity index is 2.09. The molecular formula is C10H16N4. The van der Waals surface area contributed by atoms with Crippen LogP contribution in [0, 0.1) is 0 Å². The van der Waals surface area contributed by atoms with Crippen LogP contribution >= 0.6 is 0 Å². The summed E-state index contributed by atoms with van der Waals surface area (Å²) in [7, 11) is 2.01. The summed E-state index contributed by atoms with van der Waals surface area (Å²) in [5, 5.41) is 3.29. The van der Waals surface area contributed by atoms with Crippen molar-refractivity contribution < 1.29 is 0 Å². The minimum atomic E-state index is 0.593. The van der Waals surface area contributed by atoms with E-state index in [1.807, 2.05) is 19.2 Å². The molecule has 2 rings (SSSR count). The van der Waals surface area contributed by atoms with E-state index in [9.17, 15) is 0 Å². The standard InChI is InChI=1S/C10H16N4/c1-12-8-3-5-14(7-8)9-2-4-13-10(11)6-9/h2,4,6,8,12H,3,5,7H2,1H3,(H2,11,13)/t8-/m0/s1. The third-order valence-corrected chi connectivity index (χ3v) is 2.73. The van der Waals surface area contributed by atoms with Gasteiger partial charge >= 0.3 is 0 Å². The summed E-state index contributed by atoms with van der Waals surface area (Å²) >= 11 is 0. The van der Waals surface area contributed by atoms with Gasteiger partial charge in [0.2, 0.25) is 0 Å². The molecule has 0 saturated carbocycles. The van der Waals surface area contributed by atoms with Gasteiger partial charge in [0.1, 0.15) is 5.82 Å². The number of nitrogen functional groups attached to an aromatic ring is 1. The number of rotatable bonds is 2. The highest BCUT2D eigenvalue weighted by molar-refractivity contribution is 5.52. The molecule has 1 aliphatic heterocycles. The van der Waals surface area contributed by atoms with Crippen molar-refractivity contribution in [2.75, 3.05) is 30.8 Å². The van der Waals surface area contributed by atoms with Gasteiger partial charge in [-0.3, -0.25) is 0 Å². The molecule has 0 bridgehead atoms. The first-order valence-corrected chi connectivity index (χ1v) is 4.93. The van der Waals surface area contributed by atoms with Crippen LogP contribution in [0.3, 0.4) is 0 Å². The SMILES string of the molecule is CN[C@H]1CCN(c2ccnc(N)c2)C1. The quantitative estimate of drug-likeness (QED) is 0.715. The van der Waals surface area contributed by atoms with E-state index in [4.69, 9.17) is 5.73 Å². The summed E-state index contributed by atoms with van der Waals surface area (Å²) < 4.78 is 0. The number of pyridine rings is 1. The number of hydrogen-bond acceptors (Lipinski definition) is 4. The normalized spacial score (nSPS) is 21.5. The monoisotopic (exact) mass is 192 g/mol. The van der Waals surface area contributed by atoms with Crippen LogP contribution in [0.15, 0.2) is 18.3 Å². The number of hydrogen-bond donors (Lipinski definition) is 2. The molecule has 0 radical (unpaired) electrons. The summed E-state index contributed by atoms with van der Waals surface area (Å²) in [6.07, 6.45) is 2.95. The van der Waals surface area contributed by atoms with Gasteiger partial charge in [-0.1, -0.05) is 0 Å². The summed E-state index contributed by atoms with van der Waals surface area (Å²) in [6, 6.07) is 4.54. The van der Waals surface area contributed by atoms with E-state index in [-0.39, 0.29) is 0 Å². The Bertz CT molecular complexity index is 313. The van der Waals surface area contributed by atoms with E-state index in [0.717, 1.165) is 13.1 Å². The molecule has 1 fully saturated rings. The van der Waals surface area contributed by atoms with Crippen LogP contribution in [0.2, 0.25) is 0 Å². The van der Waals surface area contributed by atoms with Crippen LogP contribution in [0.4, 0.5) is 11.5 Å². The molecule has 4 nitrogen and oxygen atoms in total. The van der Waals surface area contributed by atoms with Crippen molar-refractivity contribution in [3.8, 4) is 0 Å². The zero-order chi connectivity index (χ0) is 9.97. The highest BCUT2D eigenvalue weighted by Gasteiger charge is 2.20. The van der Waals surface area contributed by atoms with Gasteiger partial charge in [-0.25, -0.2) is 4.98 Å². The third-order valence-electron chi connectivity index (χ3n) is 2.73. The van der Waals surface area contributed by atoms with E-state index in [1.54, 1.807) is 6.20 Å². The maximum absolute atomic E-state index is 5.64. The summed E-state index contributed by atoms with van der Waals surface area (Å²) in [5.74, 6) is 0.593. The molecule has 4 heteroatoms. The van der Waals surface area contributed by atoms with Gasteiger partial charge in [-0.2, -0.15) is 0 Å². The van der Waals surface area contributed by atoms with Crippen molar-refractivity contribution in [3.05, 3.63) is 18.3 Å². The lowest BCUT2D eigenvalue weighted by Gasteiger charge is -2.18. The lowest BCUT2D eigenvalue weighted by atomic mass is 10.3. The maximum Gasteiger partial charge on any atom is 0.125 e. The zero-order valence-electron chi connectivity index (χ0n) is 8.40. The fraction of sp³-hybridized carbons (Fsp3) is 0.500. The fourth-order valence-electron chi connectivity index (χ4n) is 1.86. The molecule has 0 aromatic carbocycles. The summed E-state index contributed by atoms with van der Waals surface area (Å²) in [5.41, 5.74) is 6.82. The molecule has 0 amide bonds. The average Bonchev–Trinajstić information content (AvgIpc) is 2.66. The van der Waals surface area contributed by atoms with Gasteiger partial charge in [0.15, 0.2) is 0 Å². The molecule has 2 heterocycles. The molecule has 76 valence electrons. The Morgan fingerprint density at radius 1 is 1.64 bits per heavy atom. The Labute approximate surface area is 84.1 Å². The molecule has 1 atom stereocenters. The first-order valence-electron chi connectivity index (χ1n) is 4.93. The molecule has 0 unspecified atom stereocenters. The van der Waals surface area contributed by atoms with Gasteiger partial charge < -0.3 is 16.0 Å². The Hall–Kier alpha value is -1.29. The highest BCUT2D eigenvalue weighted by atomic mass is 15.2. The number of nitrogens with zero attached hydrogens (tertiary/aromatic N) is 2. The molecule has 0 spiro atoms. The predicted molar refractivity (Wildman–Crippen MR) is 58.3 cm³/mol. The van der Waals surface area contributed by atoms with E-state index in [2.05, 4.69) is 15.2 Å². The van der Waals surface area contributed by atoms with E-state index < -0.39 is 0 Å². The zero-order valence-corrected chi connectivity index (χ0v) is 8.40. The first-order chi connectivity index (χ1) is 6.79. The molecule has 1 saturated heterocycles. The number of anilines is 2. The predicted octanol–water partition coefficient (Wildman–Crippen LogP) is 0.462. The van der Waals surface area contributed by atoms with Crippen LogP contribution in [0.1, 0.15) is 6.42 Å². The van der Waals surface area contributed by atoms with Crippen molar-refractivity contribution in [3.63, 3.8) is 0 Å². The molecule has 1 aromatic heterocycles. The highest BCUT2D eigenvalue weighted by Crippen LogP contribution is 2.20. The van der Waals surface area contributed by atoms with Gasteiger partial charge in [-0.05, 0) is 19.5 Å². The van der Waals surface area contributed by atoms with Crippen LogP contribution in [0.25, 0.3) is 0 Å². The number of nitrogens with two attached hydrogens (primary N) is 1. The van der Waals surface area contributed by atoms with Crippen molar-refractivity contribution >= 4 is 11.5 Å². The van der Waals surface area contributed by atoms with E-state index in [1.165, 1.54) is 12.1 Å². The van der Waals surface area contributed by atoms with Crippen LogP contribution in [-0.4, -0.2) is 31.2 Å². The van der Waals surface area contributed by atoms with Gasteiger partial charge in [-0.15, -0.1) is 0 Å². The molecule has 0 aliphatic carbocycles. The molecule has 14 heavy (non-hydrogen) atoms. The van der Waals surface area contributed by atoms with Crippen molar-refractivity contribution in [2.45, 2.75) is 12.5 Å².